The Morgan fingerprint density at radius 3 is 2.79 bits per heavy atom. The normalized spacial score (nSPS) is 16.3. The predicted octanol–water partition coefficient (Wildman–Crippen LogP) is 3.45. The van der Waals surface area contributed by atoms with E-state index in [0.29, 0.717) is 25.3 Å². The van der Waals surface area contributed by atoms with E-state index < -0.39 is 0 Å². The molecule has 0 radical (unpaired) electrons. The highest BCUT2D eigenvalue weighted by molar-refractivity contribution is 5.76. The van der Waals surface area contributed by atoms with Crippen LogP contribution in [0.5, 0.6) is 0 Å². The number of carbonyl (C=O) groups is 1. The summed E-state index contributed by atoms with van der Waals surface area (Å²) in [5.41, 5.74) is 0.929. The third kappa shape index (κ3) is 5.01. The molecule has 0 aromatic heterocycles. The molecule has 1 amide bonds. The monoisotopic (exact) mass is 263 g/mol. The standard InChI is InChI=1S/C16H22FNO/c17-15-8-4-7-14(11-15)9-10-18-16(19)12-13-5-2-1-3-6-13/h4,7-8,11,13H,1-3,5-6,9-10,12H2,(H,18,19). The molecule has 2 rings (SSSR count). The Balaban J connectivity index is 1.66. The Labute approximate surface area is 114 Å². The van der Waals surface area contributed by atoms with Crippen molar-refractivity contribution < 1.29 is 9.18 Å². The molecule has 1 aromatic rings. The summed E-state index contributed by atoms with van der Waals surface area (Å²) in [5.74, 6) is 0.497. The first-order valence-corrected chi connectivity index (χ1v) is 7.25. The summed E-state index contributed by atoms with van der Waals surface area (Å²) in [6, 6.07) is 6.54. The fourth-order valence-corrected chi connectivity index (χ4v) is 2.76. The van der Waals surface area contributed by atoms with Crippen LogP contribution in [0.15, 0.2) is 24.3 Å². The molecule has 1 saturated carbocycles. The maximum Gasteiger partial charge on any atom is 0.220 e. The Morgan fingerprint density at radius 2 is 2.05 bits per heavy atom. The van der Waals surface area contributed by atoms with Crippen LogP contribution in [0.25, 0.3) is 0 Å². The minimum atomic E-state index is -0.217. The lowest BCUT2D eigenvalue weighted by Crippen LogP contribution is -2.28. The van der Waals surface area contributed by atoms with Crippen LogP contribution in [-0.2, 0) is 11.2 Å². The summed E-state index contributed by atoms with van der Waals surface area (Å²) in [5, 5.41) is 2.94. The second-order valence-corrected chi connectivity index (χ2v) is 5.44. The van der Waals surface area contributed by atoms with Crippen LogP contribution in [0.4, 0.5) is 4.39 Å². The highest BCUT2D eigenvalue weighted by atomic mass is 19.1. The van der Waals surface area contributed by atoms with Crippen molar-refractivity contribution in [1.29, 1.82) is 0 Å². The van der Waals surface area contributed by atoms with Crippen LogP contribution >= 0.6 is 0 Å². The molecule has 0 saturated heterocycles. The van der Waals surface area contributed by atoms with Gasteiger partial charge in [0.2, 0.25) is 5.91 Å². The zero-order valence-corrected chi connectivity index (χ0v) is 11.3. The molecule has 104 valence electrons. The summed E-state index contributed by atoms with van der Waals surface area (Å²) < 4.78 is 13.0. The van der Waals surface area contributed by atoms with Crippen molar-refractivity contribution in [3.63, 3.8) is 0 Å². The van der Waals surface area contributed by atoms with Gasteiger partial charge in [-0.2, -0.15) is 0 Å². The lowest BCUT2D eigenvalue weighted by molar-refractivity contribution is -0.122. The summed E-state index contributed by atoms with van der Waals surface area (Å²) in [7, 11) is 0. The Hall–Kier alpha value is -1.38. The number of halogens is 1. The fourth-order valence-electron chi connectivity index (χ4n) is 2.76. The SMILES string of the molecule is O=C(CC1CCCCC1)NCCc1cccc(F)c1. The molecule has 1 fully saturated rings. The van der Waals surface area contributed by atoms with Crippen LogP contribution in [-0.4, -0.2) is 12.5 Å². The number of amides is 1. The second-order valence-electron chi connectivity index (χ2n) is 5.44. The predicted molar refractivity (Wildman–Crippen MR) is 74.3 cm³/mol. The summed E-state index contributed by atoms with van der Waals surface area (Å²) in [6.45, 7) is 0.592. The van der Waals surface area contributed by atoms with Gasteiger partial charge in [-0.1, -0.05) is 31.4 Å². The highest BCUT2D eigenvalue weighted by Gasteiger charge is 2.16. The Kier molecular flexibility index (Phi) is 5.37. The number of hydrogen-bond donors (Lipinski definition) is 1. The van der Waals surface area contributed by atoms with Crippen molar-refractivity contribution in [3.05, 3.63) is 35.6 Å². The maximum absolute atomic E-state index is 13.0. The van der Waals surface area contributed by atoms with Crippen molar-refractivity contribution in [2.45, 2.75) is 44.9 Å². The van der Waals surface area contributed by atoms with Gasteiger partial charge >= 0.3 is 0 Å². The number of carbonyl (C=O) groups excluding carboxylic acids is 1. The van der Waals surface area contributed by atoms with E-state index in [0.717, 1.165) is 5.56 Å². The zero-order valence-electron chi connectivity index (χ0n) is 11.3. The highest BCUT2D eigenvalue weighted by Crippen LogP contribution is 2.25. The van der Waals surface area contributed by atoms with Crippen molar-refractivity contribution in [3.8, 4) is 0 Å². The number of rotatable bonds is 5. The molecular weight excluding hydrogens is 241 g/mol. The maximum atomic E-state index is 13.0. The van der Waals surface area contributed by atoms with Crippen molar-refractivity contribution >= 4 is 5.91 Å². The van der Waals surface area contributed by atoms with Gasteiger partial charge in [0.05, 0.1) is 0 Å². The van der Waals surface area contributed by atoms with E-state index >= 15 is 0 Å². The second kappa shape index (κ2) is 7.27. The van der Waals surface area contributed by atoms with E-state index in [1.54, 1.807) is 6.07 Å². The minimum absolute atomic E-state index is 0.142. The van der Waals surface area contributed by atoms with E-state index in [2.05, 4.69) is 5.32 Å². The fraction of sp³-hybridized carbons (Fsp3) is 0.562. The van der Waals surface area contributed by atoms with Crippen LogP contribution in [0.2, 0.25) is 0 Å². The van der Waals surface area contributed by atoms with Gasteiger partial charge in [0.1, 0.15) is 5.82 Å². The largest absolute Gasteiger partial charge is 0.356 e. The molecule has 0 unspecified atom stereocenters. The van der Waals surface area contributed by atoms with Crippen LogP contribution in [0, 0.1) is 11.7 Å². The average molecular weight is 263 g/mol. The van der Waals surface area contributed by atoms with Gasteiger partial charge in [0.15, 0.2) is 0 Å². The molecule has 1 aliphatic rings. The molecule has 1 aliphatic carbocycles. The molecule has 19 heavy (non-hydrogen) atoms. The van der Waals surface area contributed by atoms with Crippen molar-refractivity contribution in [2.24, 2.45) is 5.92 Å². The van der Waals surface area contributed by atoms with Gasteiger partial charge in [0.25, 0.3) is 0 Å². The van der Waals surface area contributed by atoms with Gasteiger partial charge in [-0.25, -0.2) is 4.39 Å². The van der Waals surface area contributed by atoms with Gasteiger partial charge in [-0.3, -0.25) is 4.79 Å². The molecule has 0 bridgehead atoms. The van der Waals surface area contributed by atoms with E-state index in [1.807, 2.05) is 6.07 Å². The van der Waals surface area contributed by atoms with E-state index in [9.17, 15) is 9.18 Å². The van der Waals surface area contributed by atoms with E-state index in [-0.39, 0.29) is 11.7 Å². The zero-order chi connectivity index (χ0) is 13.5. The molecule has 1 aromatic carbocycles. The molecule has 0 heterocycles. The summed E-state index contributed by atoms with van der Waals surface area (Å²) >= 11 is 0. The molecule has 1 N–H and O–H groups in total. The molecule has 3 heteroatoms. The van der Waals surface area contributed by atoms with E-state index in [4.69, 9.17) is 0 Å². The molecule has 0 aliphatic heterocycles. The number of hydrogen-bond acceptors (Lipinski definition) is 1. The third-order valence-corrected chi connectivity index (χ3v) is 3.82. The Bertz CT molecular complexity index is 413. The lowest BCUT2D eigenvalue weighted by Gasteiger charge is -2.20. The first-order valence-electron chi connectivity index (χ1n) is 7.25. The van der Waals surface area contributed by atoms with E-state index in [1.165, 1.54) is 44.2 Å². The molecular formula is C16H22FNO. The topological polar surface area (TPSA) is 29.1 Å². The first kappa shape index (κ1) is 14.0. The summed E-state index contributed by atoms with van der Waals surface area (Å²) in [4.78, 5) is 11.8. The van der Waals surface area contributed by atoms with Crippen LogP contribution in [0.1, 0.15) is 44.1 Å². The van der Waals surface area contributed by atoms with Gasteiger partial charge in [-0.05, 0) is 42.9 Å². The molecule has 2 nitrogen and oxygen atoms in total. The van der Waals surface area contributed by atoms with Gasteiger partial charge in [-0.15, -0.1) is 0 Å². The van der Waals surface area contributed by atoms with Crippen molar-refractivity contribution in [1.82, 2.24) is 5.32 Å². The molecule has 0 atom stereocenters. The third-order valence-electron chi connectivity index (χ3n) is 3.82. The van der Waals surface area contributed by atoms with Crippen molar-refractivity contribution in [2.75, 3.05) is 6.54 Å². The quantitative estimate of drug-likeness (QED) is 0.866. The van der Waals surface area contributed by atoms with Crippen LogP contribution in [0.3, 0.4) is 0 Å². The number of nitrogens with one attached hydrogen (secondary N) is 1. The molecule has 0 spiro atoms. The first-order chi connectivity index (χ1) is 9.24. The Morgan fingerprint density at radius 1 is 1.26 bits per heavy atom. The van der Waals surface area contributed by atoms with Gasteiger partial charge in [0, 0.05) is 13.0 Å². The average Bonchev–Trinajstić information content (AvgIpc) is 2.40. The van der Waals surface area contributed by atoms with Gasteiger partial charge < -0.3 is 5.32 Å². The summed E-state index contributed by atoms with van der Waals surface area (Å²) in [6.07, 6.45) is 7.58. The van der Waals surface area contributed by atoms with Crippen LogP contribution < -0.4 is 5.32 Å². The minimum Gasteiger partial charge on any atom is -0.356 e. The smallest absolute Gasteiger partial charge is 0.220 e. The number of benzene rings is 1. The lowest BCUT2D eigenvalue weighted by atomic mass is 9.87.